The van der Waals surface area contributed by atoms with Gasteiger partial charge in [-0.1, -0.05) is 49.4 Å². The van der Waals surface area contributed by atoms with Crippen molar-refractivity contribution in [2.75, 3.05) is 13.7 Å². The minimum absolute atomic E-state index is 0.0358. The van der Waals surface area contributed by atoms with E-state index in [0.717, 1.165) is 28.6 Å². The number of fused-ring (bicyclic) bond motifs is 1. The van der Waals surface area contributed by atoms with Crippen LogP contribution in [-0.2, 0) is 11.2 Å². The molecule has 1 aromatic heterocycles. The minimum Gasteiger partial charge on any atom is -0.491 e. The zero-order valence-electron chi connectivity index (χ0n) is 18.2. The molecule has 4 nitrogen and oxygen atoms in total. The normalized spacial score (nSPS) is 12.1. The number of carbonyl (C=O) groups excluding carboxylic acids is 1. The molecule has 3 aromatic carbocycles. The Morgan fingerprint density at radius 3 is 2.39 bits per heavy atom. The fraction of sp³-hybridized carbons (Fsp3) is 0.222. The van der Waals surface area contributed by atoms with Crippen LogP contribution in [0.5, 0.6) is 5.75 Å². The van der Waals surface area contributed by atoms with Crippen molar-refractivity contribution in [3.05, 3.63) is 101 Å². The third kappa shape index (κ3) is 4.25. The smallest absolute Gasteiger partial charge is 0.262 e. The molecule has 0 aliphatic heterocycles. The van der Waals surface area contributed by atoms with E-state index in [1.165, 1.54) is 5.56 Å². The van der Waals surface area contributed by atoms with Gasteiger partial charge in [-0.05, 0) is 60.9 Å². The number of aryl methyl sites for hydroxylation is 2. The molecule has 4 aromatic rings. The van der Waals surface area contributed by atoms with Gasteiger partial charge in [0.25, 0.3) is 5.91 Å². The first-order chi connectivity index (χ1) is 15.1. The second-order valence-corrected chi connectivity index (χ2v) is 7.60. The summed E-state index contributed by atoms with van der Waals surface area (Å²) in [6, 6.07) is 25.5. The number of benzene rings is 3. The van der Waals surface area contributed by atoms with Crippen LogP contribution in [0.4, 0.5) is 0 Å². The van der Waals surface area contributed by atoms with Crippen LogP contribution in [0.15, 0.2) is 78.9 Å². The molecule has 0 bridgehead atoms. The largest absolute Gasteiger partial charge is 0.491 e. The zero-order valence-corrected chi connectivity index (χ0v) is 18.2. The van der Waals surface area contributed by atoms with Gasteiger partial charge in [0.15, 0.2) is 0 Å². The van der Waals surface area contributed by atoms with E-state index >= 15 is 0 Å². The highest BCUT2D eigenvalue weighted by Crippen LogP contribution is 2.26. The number of aromatic nitrogens is 1. The van der Waals surface area contributed by atoms with E-state index in [0.29, 0.717) is 17.9 Å². The van der Waals surface area contributed by atoms with E-state index in [1.54, 1.807) is 11.7 Å². The molecule has 4 rings (SSSR count). The highest BCUT2D eigenvalue weighted by atomic mass is 16.5. The molecule has 4 heteroatoms. The molecule has 1 unspecified atom stereocenters. The summed E-state index contributed by atoms with van der Waals surface area (Å²) in [5.41, 5.74) is 4.83. The average Bonchev–Trinajstić information content (AvgIpc) is 3.16. The van der Waals surface area contributed by atoms with Crippen LogP contribution in [0.2, 0.25) is 0 Å². The highest BCUT2D eigenvalue weighted by molar-refractivity contribution is 6.03. The Labute approximate surface area is 183 Å². The summed E-state index contributed by atoms with van der Waals surface area (Å²) < 4.78 is 13.3. The maximum atomic E-state index is 13.3. The topological polar surface area (TPSA) is 40.5 Å². The quantitative estimate of drug-likeness (QED) is 0.375. The first kappa shape index (κ1) is 20.9. The van der Waals surface area contributed by atoms with Gasteiger partial charge >= 0.3 is 0 Å². The summed E-state index contributed by atoms with van der Waals surface area (Å²) in [7, 11) is 1.68. The van der Waals surface area contributed by atoms with Crippen LogP contribution in [0, 0.1) is 6.92 Å². The molecule has 158 valence electrons. The highest BCUT2D eigenvalue weighted by Gasteiger charge is 2.16. The number of hydrogen-bond acceptors (Lipinski definition) is 3. The number of rotatable bonds is 7. The van der Waals surface area contributed by atoms with E-state index in [4.69, 9.17) is 9.47 Å². The van der Waals surface area contributed by atoms with Crippen LogP contribution in [0.3, 0.4) is 0 Å². The molecule has 0 aliphatic rings. The second kappa shape index (κ2) is 9.19. The lowest BCUT2D eigenvalue weighted by Crippen LogP contribution is -2.14. The molecule has 1 atom stereocenters. The Morgan fingerprint density at radius 2 is 1.71 bits per heavy atom. The second-order valence-electron chi connectivity index (χ2n) is 7.60. The van der Waals surface area contributed by atoms with Gasteiger partial charge in [0.2, 0.25) is 0 Å². The fourth-order valence-corrected chi connectivity index (χ4v) is 3.97. The fourth-order valence-electron chi connectivity index (χ4n) is 3.97. The molecular formula is C27H27NO3. The van der Waals surface area contributed by atoms with Crippen molar-refractivity contribution in [2.45, 2.75) is 26.4 Å². The molecule has 0 radical (unpaired) electrons. The monoisotopic (exact) mass is 413 g/mol. The summed E-state index contributed by atoms with van der Waals surface area (Å²) in [6.07, 6.45) is 0.788. The lowest BCUT2D eigenvalue weighted by molar-refractivity contribution is 0.0576. The summed E-state index contributed by atoms with van der Waals surface area (Å²) >= 11 is 0. The van der Waals surface area contributed by atoms with Crippen LogP contribution >= 0.6 is 0 Å². The summed E-state index contributed by atoms with van der Waals surface area (Å²) in [6.45, 7) is 4.51. The van der Waals surface area contributed by atoms with Gasteiger partial charge in [0.1, 0.15) is 18.5 Å². The van der Waals surface area contributed by atoms with Gasteiger partial charge in [0.05, 0.1) is 5.52 Å². The predicted molar refractivity (Wildman–Crippen MR) is 124 cm³/mol. The molecule has 0 N–H and O–H groups in total. The van der Waals surface area contributed by atoms with Crippen molar-refractivity contribution in [3.8, 4) is 5.75 Å². The standard InChI is InChI=1S/C27H27NO3/c1-4-20-11-8-12-25-24(20)17-19(2)28(25)27(29)22-13-15-23(16-14-22)31-18-26(30-3)21-9-6-5-7-10-21/h5-17,26H,4,18H2,1-3H3. The molecule has 0 saturated carbocycles. The van der Waals surface area contributed by atoms with Crippen molar-refractivity contribution in [1.82, 2.24) is 4.57 Å². The molecule has 0 fully saturated rings. The Kier molecular flexibility index (Phi) is 6.19. The molecule has 0 saturated heterocycles. The lowest BCUT2D eigenvalue weighted by Gasteiger charge is -2.17. The van der Waals surface area contributed by atoms with Crippen molar-refractivity contribution in [1.29, 1.82) is 0 Å². The van der Waals surface area contributed by atoms with Gasteiger partial charge < -0.3 is 9.47 Å². The van der Waals surface area contributed by atoms with Crippen LogP contribution in [0.25, 0.3) is 10.9 Å². The van der Waals surface area contributed by atoms with E-state index in [2.05, 4.69) is 19.1 Å². The number of carbonyl (C=O) groups is 1. The SMILES string of the molecule is CCc1cccc2c1cc(C)n2C(=O)c1ccc(OCC(OC)c2ccccc2)cc1. The maximum absolute atomic E-state index is 13.3. The van der Waals surface area contributed by atoms with E-state index < -0.39 is 0 Å². The lowest BCUT2D eigenvalue weighted by atomic mass is 10.1. The van der Waals surface area contributed by atoms with Crippen molar-refractivity contribution < 1.29 is 14.3 Å². The van der Waals surface area contributed by atoms with Crippen molar-refractivity contribution in [2.24, 2.45) is 0 Å². The van der Waals surface area contributed by atoms with Gasteiger partial charge in [-0.3, -0.25) is 9.36 Å². The Hall–Kier alpha value is -3.37. The van der Waals surface area contributed by atoms with Crippen LogP contribution < -0.4 is 4.74 Å². The van der Waals surface area contributed by atoms with Gasteiger partial charge in [-0.2, -0.15) is 0 Å². The van der Waals surface area contributed by atoms with Gasteiger partial charge in [-0.15, -0.1) is 0 Å². The minimum atomic E-state index is -0.149. The van der Waals surface area contributed by atoms with Gasteiger partial charge in [-0.25, -0.2) is 0 Å². The Balaban J connectivity index is 1.51. The summed E-state index contributed by atoms with van der Waals surface area (Å²) in [5.74, 6) is 0.670. The van der Waals surface area contributed by atoms with Gasteiger partial charge in [0, 0.05) is 23.8 Å². The predicted octanol–water partition coefficient (Wildman–Crippen LogP) is 5.97. The molecule has 0 spiro atoms. The van der Waals surface area contributed by atoms with E-state index in [1.807, 2.05) is 73.7 Å². The first-order valence-electron chi connectivity index (χ1n) is 10.6. The van der Waals surface area contributed by atoms with Crippen LogP contribution in [-0.4, -0.2) is 24.2 Å². The van der Waals surface area contributed by atoms with Crippen molar-refractivity contribution >= 4 is 16.8 Å². The molecular weight excluding hydrogens is 386 g/mol. The van der Waals surface area contributed by atoms with Crippen LogP contribution in [0.1, 0.15) is 40.2 Å². The Morgan fingerprint density at radius 1 is 0.968 bits per heavy atom. The number of ether oxygens (including phenoxy) is 2. The number of hydrogen-bond donors (Lipinski definition) is 0. The molecule has 1 heterocycles. The first-order valence-corrected chi connectivity index (χ1v) is 10.6. The summed E-state index contributed by atoms with van der Waals surface area (Å²) in [4.78, 5) is 13.3. The summed E-state index contributed by atoms with van der Waals surface area (Å²) in [5, 5.41) is 1.14. The zero-order chi connectivity index (χ0) is 21.8. The van der Waals surface area contributed by atoms with Crippen molar-refractivity contribution in [3.63, 3.8) is 0 Å². The third-order valence-electron chi connectivity index (χ3n) is 5.66. The molecule has 31 heavy (non-hydrogen) atoms. The molecule has 0 aliphatic carbocycles. The third-order valence-corrected chi connectivity index (χ3v) is 5.66. The molecule has 0 amide bonds. The maximum Gasteiger partial charge on any atom is 0.262 e. The number of nitrogens with zero attached hydrogens (tertiary/aromatic N) is 1. The van der Waals surface area contributed by atoms with E-state index in [-0.39, 0.29) is 12.0 Å². The number of methoxy groups -OCH3 is 1. The van der Waals surface area contributed by atoms with E-state index in [9.17, 15) is 4.79 Å². The average molecular weight is 414 g/mol. The Bertz CT molecular complexity index is 1180.